The summed E-state index contributed by atoms with van der Waals surface area (Å²) in [4.78, 5) is 24.8. The largest absolute Gasteiger partial charge is 0.506 e. The van der Waals surface area contributed by atoms with E-state index in [1.165, 1.54) is 23.0 Å². The van der Waals surface area contributed by atoms with E-state index in [1.54, 1.807) is 26.0 Å². The van der Waals surface area contributed by atoms with E-state index < -0.39 is 5.97 Å². The van der Waals surface area contributed by atoms with Gasteiger partial charge in [-0.25, -0.2) is 4.79 Å². The van der Waals surface area contributed by atoms with Crippen molar-refractivity contribution in [3.8, 4) is 11.4 Å². The molecule has 140 valence electrons. The summed E-state index contributed by atoms with van der Waals surface area (Å²) in [6.07, 6.45) is 0. The van der Waals surface area contributed by atoms with Crippen molar-refractivity contribution < 1.29 is 24.2 Å². The van der Waals surface area contributed by atoms with Crippen LogP contribution in [0.3, 0.4) is 0 Å². The lowest BCUT2D eigenvalue weighted by Gasteiger charge is -2.09. The molecule has 0 atom stereocenters. The lowest BCUT2D eigenvalue weighted by molar-refractivity contribution is -0.148. The molecule has 3 aromatic rings. The number of aromatic nitrogens is 3. The second-order valence-electron chi connectivity index (χ2n) is 6.14. The number of rotatable bonds is 6. The van der Waals surface area contributed by atoms with Crippen molar-refractivity contribution in [2.75, 3.05) is 13.2 Å². The van der Waals surface area contributed by atoms with E-state index in [1.807, 2.05) is 12.1 Å². The average Bonchev–Trinajstić information content (AvgIpc) is 3.09. The van der Waals surface area contributed by atoms with E-state index in [2.05, 4.69) is 10.2 Å². The van der Waals surface area contributed by atoms with E-state index in [4.69, 9.17) is 9.47 Å². The standard InChI is InChI=1S/C19H19N3O5/c1-12(2)18(24)26-9-10-27-19(25)13-7-8-17(23)16(11-13)22-20-14-5-3-4-6-15(14)21-22/h3-8,11-12,23H,9-10H2,1-2H3. The molecule has 0 saturated heterocycles. The van der Waals surface area contributed by atoms with Crippen molar-refractivity contribution in [1.29, 1.82) is 0 Å². The number of nitrogens with zero attached hydrogens (tertiary/aromatic N) is 3. The van der Waals surface area contributed by atoms with Gasteiger partial charge < -0.3 is 14.6 Å². The minimum absolute atomic E-state index is 0.0141. The van der Waals surface area contributed by atoms with Gasteiger partial charge in [-0.05, 0) is 30.3 Å². The number of esters is 2. The van der Waals surface area contributed by atoms with Gasteiger partial charge in [0.25, 0.3) is 0 Å². The summed E-state index contributed by atoms with van der Waals surface area (Å²) < 4.78 is 10.1. The van der Waals surface area contributed by atoms with Crippen molar-refractivity contribution in [3.63, 3.8) is 0 Å². The first kappa shape index (κ1) is 18.4. The molecular weight excluding hydrogens is 350 g/mol. The Morgan fingerprint density at radius 3 is 2.30 bits per heavy atom. The van der Waals surface area contributed by atoms with Crippen LogP contribution >= 0.6 is 0 Å². The third kappa shape index (κ3) is 4.22. The summed E-state index contributed by atoms with van der Waals surface area (Å²) in [6, 6.07) is 11.5. The van der Waals surface area contributed by atoms with E-state index >= 15 is 0 Å². The second kappa shape index (κ2) is 7.86. The number of hydrogen-bond acceptors (Lipinski definition) is 7. The molecule has 3 rings (SSSR count). The molecule has 8 nitrogen and oxygen atoms in total. The third-order valence-electron chi connectivity index (χ3n) is 3.75. The van der Waals surface area contributed by atoms with Gasteiger partial charge in [-0.3, -0.25) is 4.79 Å². The molecule has 0 amide bonds. The fraction of sp³-hybridized carbons (Fsp3) is 0.263. The molecule has 0 fully saturated rings. The maximum Gasteiger partial charge on any atom is 0.338 e. The molecule has 1 heterocycles. The van der Waals surface area contributed by atoms with Gasteiger partial charge in [-0.1, -0.05) is 26.0 Å². The van der Waals surface area contributed by atoms with E-state index in [-0.39, 0.29) is 42.1 Å². The average molecular weight is 369 g/mol. The minimum atomic E-state index is -0.603. The Kier molecular flexibility index (Phi) is 5.35. The monoisotopic (exact) mass is 369 g/mol. The van der Waals surface area contributed by atoms with Crippen LogP contribution in [0.4, 0.5) is 0 Å². The molecule has 2 aromatic carbocycles. The molecule has 1 N–H and O–H groups in total. The predicted octanol–water partition coefficient (Wildman–Crippen LogP) is 2.48. The summed E-state index contributed by atoms with van der Waals surface area (Å²) in [5, 5.41) is 18.7. The summed E-state index contributed by atoms with van der Waals surface area (Å²) in [5.74, 6) is -1.27. The lowest BCUT2D eigenvalue weighted by atomic mass is 10.2. The van der Waals surface area contributed by atoms with Crippen LogP contribution in [0.1, 0.15) is 24.2 Å². The number of carbonyl (C=O) groups excluding carboxylic acids is 2. The highest BCUT2D eigenvalue weighted by molar-refractivity contribution is 5.90. The molecule has 0 saturated carbocycles. The maximum absolute atomic E-state index is 12.2. The van der Waals surface area contributed by atoms with Gasteiger partial charge in [0.15, 0.2) is 0 Å². The van der Waals surface area contributed by atoms with E-state index in [0.717, 1.165) is 0 Å². The van der Waals surface area contributed by atoms with Crippen LogP contribution in [0.5, 0.6) is 5.75 Å². The number of carbonyl (C=O) groups is 2. The fourth-order valence-corrected chi connectivity index (χ4v) is 2.30. The first-order chi connectivity index (χ1) is 13.0. The van der Waals surface area contributed by atoms with Gasteiger partial charge in [0.2, 0.25) is 0 Å². The van der Waals surface area contributed by atoms with Crippen molar-refractivity contribution in [2.45, 2.75) is 13.8 Å². The Bertz CT molecular complexity index is 947. The fourth-order valence-electron chi connectivity index (χ4n) is 2.30. The zero-order chi connectivity index (χ0) is 19.4. The Balaban J connectivity index is 1.71. The normalized spacial score (nSPS) is 10.9. The zero-order valence-electron chi connectivity index (χ0n) is 15.0. The number of ether oxygens (including phenoxy) is 2. The van der Waals surface area contributed by atoms with Crippen molar-refractivity contribution in [1.82, 2.24) is 15.0 Å². The molecule has 0 aliphatic carbocycles. The predicted molar refractivity (Wildman–Crippen MR) is 96.6 cm³/mol. The number of hydrogen-bond donors (Lipinski definition) is 1. The van der Waals surface area contributed by atoms with Gasteiger partial charge in [0.05, 0.1) is 11.5 Å². The first-order valence-electron chi connectivity index (χ1n) is 8.45. The number of phenols is 1. The lowest BCUT2D eigenvalue weighted by Crippen LogP contribution is -2.17. The quantitative estimate of drug-likeness (QED) is 0.526. The van der Waals surface area contributed by atoms with Crippen LogP contribution in [0.15, 0.2) is 42.5 Å². The second-order valence-corrected chi connectivity index (χ2v) is 6.14. The van der Waals surface area contributed by atoms with E-state index in [0.29, 0.717) is 11.0 Å². The highest BCUT2D eigenvalue weighted by atomic mass is 16.6. The SMILES string of the molecule is CC(C)C(=O)OCCOC(=O)c1ccc(O)c(-n2nc3ccccc3n2)c1. The highest BCUT2D eigenvalue weighted by Gasteiger charge is 2.15. The summed E-state index contributed by atoms with van der Waals surface area (Å²) in [5.41, 5.74) is 1.81. The Morgan fingerprint density at radius 2 is 1.67 bits per heavy atom. The molecule has 8 heteroatoms. The molecule has 1 aromatic heterocycles. The van der Waals surface area contributed by atoms with Crippen LogP contribution in [0.25, 0.3) is 16.7 Å². The molecule has 0 bridgehead atoms. The van der Waals surface area contributed by atoms with Gasteiger partial charge in [0, 0.05) is 0 Å². The van der Waals surface area contributed by atoms with Crippen LogP contribution in [-0.4, -0.2) is 45.3 Å². The van der Waals surface area contributed by atoms with E-state index in [9.17, 15) is 14.7 Å². The molecular formula is C19H19N3O5. The summed E-state index contributed by atoms with van der Waals surface area (Å²) >= 11 is 0. The topological polar surface area (TPSA) is 104 Å². The molecule has 27 heavy (non-hydrogen) atoms. The van der Waals surface area contributed by atoms with Crippen molar-refractivity contribution >= 4 is 23.0 Å². The van der Waals surface area contributed by atoms with Crippen LogP contribution < -0.4 is 0 Å². The molecule has 0 spiro atoms. The van der Waals surface area contributed by atoms with Gasteiger partial charge in [-0.2, -0.15) is 0 Å². The Morgan fingerprint density at radius 1 is 1.04 bits per heavy atom. The van der Waals surface area contributed by atoms with Gasteiger partial charge in [0.1, 0.15) is 35.7 Å². The summed E-state index contributed by atoms with van der Waals surface area (Å²) in [7, 11) is 0. The van der Waals surface area contributed by atoms with Crippen LogP contribution in [-0.2, 0) is 14.3 Å². The minimum Gasteiger partial charge on any atom is -0.506 e. The Labute approximate surface area is 155 Å². The van der Waals surface area contributed by atoms with Crippen molar-refractivity contribution in [3.05, 3.63) is 48.0 Å². The van der Waals surface area contributed by atoms with Crippen LogP contribution in [0, 0.1) is 5.92 Å². The number of benzene rings is 2. The van der Waals surface area contributed by atoms with Gasteiger partial charge >= 0.3 is 11.9 Å². The molecule has 0 aliphatic heterocycles. The molecule has 0 unspecified atom stereocenters. The number of fused-ring (bicyclic) bond motifs is 1. The van der Waals surface area contributed by atoms with Gasteiger partial charge in [-0.15, -0.1) is 15.0 Å². The maximum atomic E-state index is 12.2. The summed E-state index contributed by atoms with van der Waals surface area (Å²) in [6.45, 7) is 3.37. The number of aromatic hydroxyl groups is 1. The molecule has 0 aliphatic rings. The number of phenolic OH excluding ortho intramolecular Hbond substituents is 1. The highest BCUT2D eigenvalue weighted by Crippen LogP contribution is 2.23. The third-order valence-corrected chi connectivity index (χ3v) is 3.75. The molecule has 0 radical (unpaired) electrons. The first-order valence-corrected chi connectivity index (χ1v) is 8.45. The van der Waals surface area contributed by atoms with Crippen molar-refractivity contribution in [2.24, 2.45) is 5.92 Å². The zero-order valence-corrected chi connectivity index (χ0v) is 15.0. The van der Waals surface area contributed by atoms with Crippen LogP contribution in [0.2, 0.25) is 0 Å². The smallest absolute Gasteiger partial charge is 0.338 e. The Hall–Kier alpha value is -3.42.